The van der Waals surface area contributed by atoms with Crippen molar-refractivity contribution in [3.8, 4) is 6.07 Å². The molecule has 2 aromatic rings. The van der Waals surface area contributed by atoms with Crippen molar-refractivity contribution in [1.29, 1.82) is 5.26 Å². The number of halogens is 2. The summed E-state index contributed by atoms with van der Waals surface area (Å²) in [6.07, 6.45) is 0. The topological polar surface area (TPSA) is 44.1 Å². The van der Waals surface area contributed by atoms with Gasteiger partial charge in [-0.05, 0) is 56.5 Å². The minimum atomic E-state index is -0.0263. The molecule has 0 fully saturated rings. The highest BCUT2D eigenvalue weighted by Crippen LogP contribution is 2.33. The van der Waals surface area contributed by atoms with Gasteiger partial charge in [0.25, 0.3) is 5.91 Å². The van der Waals surface area contributed by atoms with E-state index in [9.17, 15) is 4.79 Å². The van der Waals surface area contributed by atoms with E-state index in [0.29, 0.717) is 23.5 Å². The van der Waals surface area contributed by atoms with E-state index in [4.69, 9.17) is 5.26 Å². The van der Waals surface area contributed by atoms with E-state index >= 15 is 0 Å². The summed E-state index contributed by atoms with van der Waals surface area (Å²) in [5, 5.41) is 9.14. The lowest BCUT2D eigenvalue weighted by molar-refractivity contribution is 0.0757. The summed E-state index contributed by atoms with van der Waals surface area (Å²) in [5.41, 5.74) is 1.47. The normalized spacial score (nSPS) is 10.2. The second-order valence-corrected chi connectivity index (χ2v) is 7.55. The van der Waals surface area contributed by atoms with Crippen LogP contribution >= 0.6 is 43.2 Å². The second-order valence-electron chi connectivity index (χ2n) is 4.32. The number of rotatable bonds is 4. The van der Waals surface area contributed by atoms with Crippen LogP contribution in [0.1, 0.15) is 27.7 Å². The van der Waals surface area contributed by atoms with Gasteiger partial charge in [-0.1, -0.05) is 18.2 Å². The number of carbonyl (C=O) groups excluding carboxylic acids is 1. The van der Waals surface area contributed by atoms with E-state index < -0.39 is 0 Å². The minimum absolute atomic E-state index is 0.0263. The Balaban J connectivity index is 2.24. The van der Waals surface area contributed by atoms with Gasteiger partial charge in [-0.2, -0.15) is 5.26 Å². The lowest BCUT2D eigenvalue weighted by Crippen LogP contribution is -2.30. The molecule has 0 aliphatic heterocycles. The number of hydrogen-bond donors (Lipinski definition) is 0. The second kappa shape index (κ2) is 7.21. The monoisotopic (exact) mass is 426 g/mol. The molecule has 2 rings (SSSR count). The average molecular weight is 428 g/mol. The maximum absolute atomic E-state index is 12.6. The van der Waals surface area contributed by atoms with Crippen molar-refractivity contribution < 1.29 is 4.79 Å². The summed E-state index contributed by atoms with van der Waals surface area (Å²) in [7, 11) is 0. The third-order valence-electron chi connectivity index (χ3n) is 3.02. The van der Waals surface area contributed by atoms with Crippen molar-refractivity contribution in [2.24, 2.45) is 0 Å². The van der Waals surface area contributed by atoms with Gasteiger partial charge in [-0.25, -0.2) is 0 Å². The standard InChI is InChI=1S/C15H12Br2N2OS/c1-2-19(9-11-6-4-3-5-10(11)8-18)15(20)13-7-12(16)14(17)21-13/h3-7H,2,9H2,1H3. The highest BCUT2D eigenvalue weighted by molar-refractivity contribution is 9.13. The Bertz CT molecular complexity index is 686. The van der Waals surface area contributed by atoms with Gasteiger partial charge < -0.3 is 4.90 Å². The molecule has 0 spiro atoms. The largest absolute Gasteiger partial charge is 0.334 e. The highest BCUT2D eigenvalue weighted by Gasteiger charge is 2.19. The van der Waals surface area contributed by atoms with Gasteiger partial charge in [0.1, 0.15) is 0 Å². The Labute approximate surface area is 144 Å². The SMILES string of the molecule is CCN(Cc1ccccc1C#N)C(=O)c1cc(Br)c(Br)s1. The summed E-state index contributed by atoms with van der Waals surface area (Å²) in [6, 6.07) is 11.3. The number of carbonyl (C=O) groups is 1. The summed E-state index contributed by atoms with van der Waals surface area (Å²) in [6.45, 7) is 2.96. The molecule has 21 heavy (non-hydrogen) atoms. The van der Waals surface area contributed by atoms with E-state index in [0.717, 1.165) is 13.8 Å². The maximum atomic E-state index is 12.6. The Morgan fingerprint density at radius 1 is 1.38 bits per heavy atom. The van der Waals surface area contributed by atoms with Gasteiger partial charge in [0.2, 0.25) is 0 Å². The molecular formula is C15H12Br2N2OS. The summed E-state index contributed by atoms with van der Waals surface area (Å²) in [4.78, 5) is 15.0. The molecule has 0 aliphatic carbocycles. The van der Waals surface area contributed by atoms with E-state index in [1.807, 2.05) is 31.2 Å². The summed E-state index contributed by atoms with van der Waals surface area (Å²) < 4.78 is 1.78. The average Bonchev–Trinajstić information content (AvgIpc) is 2.84. The van der Waals surface area contributed by atoms with Crippen molar-refractivity contribution in [3.05, 3.63) is 54.6 Å². The Kier molecular flexibility index (Phi) is 5.57. The molecule has 1 aromatic carbocycles. The zero-order valence-electron chi connectivity index (χ0n) is 11.3. The number of thiophene rings is 1. The van der Waals surface area contributed by atoms with Crippen LogP contribution in [0.15, 0.2) is 38.6 Å². The number of benzene rings is 1. The molecule has 1 heterocycles. The van der Waals surface area contributed by atoms with Crippen molar-refractivity contribution >= 4 is 49.1 Å². The Morgan fingerprint density at radius 3 is 2.67 bits per heavy atom. The lowest BCUT2D eigenvalue weighted by Gasteiger charge is -2.20. The fourth-order valence-corrected chi connectivity index (χ4v) is 3.91. The molecule has 1 aromatic heterocycles. The van der Waals surface area contributed by atoms with Gasteiger partial charge in [0.15, 0.2) is 0 Å². The van der Waals surface area contributed by atoms with Crippen LogP contribution in [0.25, 0.3) is 0 Å². The summed E-state index contributed by atoms with van der Waals surface area (Å²) >= 11 is 8.20. The van der Waals surface area contributed by atoms with Crippen molar-refractivity contribution in [2.45, 2.75) is 13.5 Å². The fraction of sp³-hybridized carbons (Fsp3) is 0.200. The van der Waals surface area contributed by atoms with E-state index in [1.165, 1.54) is 11.3 Å². The number of nitriles is 1. The van der Waals surface area contributed by atoms with E-state index in [1.54, 1.807) is 11.0 Å². The quantitative estimate of drug-likeness (QED) is 0.702. The van der Waals surface area contributed by atoms with Crippen LogP contribution in [0.4, 0.5) is 0 Å². The van der Waals surface area contributed by atoms with Gasteiger partial charge in [-0.3, -0.25) is 4.79 Å². The first-order valence-corrected chi connectivity index (χ1v) is 8.69. The van der Waals surface area contributed by atoms with Crippen LogP contribution in [-0.4, -0.2) is 17.4 Å². The smallest absolute Gasteiger partial charge is 0.264 e. The zero-order valence-corrected chi connectivity index (χ0v) is 15.3. The van der Waals surface area contributed by atoms with Crippen molar-refractivity contribution in [1.82, 2.24) is 4.90 Å². The molecule has 0 saturated heterocycles. The van der Waals surface area contributed by atoms with Gasteiger partial charge in [0.05, 0.1) is 20.3 Å². The number of amides is 1. The Morgan fingerprint density at radius 2 is 2.10 bits per heavy atom. The van der Waals surface area contributed by atoms with E-state index in [-0.39, 0.29) is 5.91 Å². The third-order valence-corrected chi connectivity index (χ3v) is 6.27. The lowest BCUT2D eigenvalue weighted by atomic mass is 10.1. The van der Waals surface area contributed by atoms with E-state index in [2.05, 4.69) is 37.9 Å². The highest BCUT2D eigenvalue weighted by atomic mass is 79.9. The minimum Gasteiger partial charge on any atom is -0.334 e. The van der Waals surface area contributed by atoms with Crippen LogP contribution in [0.5, 0.6) is 0 Å². The maximum Gasteiger partial charge on any atom is 0.264 e. The first-order chi connectivity index (χ1) is 10.1. The summed E-state index contributed by atoms with van der Waals surface area (Å²) in [5.74, 6) is -0.0263. The van der Waals surface area contributed by atoms with Crippen molar-refractivity contribution in [3.63, 3.8) is 0 Å². The fourth-order valence-electron chi connectivity index (χ4n) is 1.91. The molecule has 0 N–H and O–H groups in total. The Hall–Kier alpha value is -1.16. The molecule has 3 nitrogen and oxygen atoms in total. The van der Waals surface area contributed by atoms with Gasteiger partial charge in [-0.15, -0.1) is 11.3 Å². The van der Waals surface area contributed by atoms with Crippen LogP contribution in [-0.2, 0) is 6.54 Å². The number of nitrogens with zero attached hydrogens (tertiary/aromatic N) is 2. The molecule has 0 atom stereocenters. The first-order valence-electron chi connectivity index (χ1n) is 6.29. The molecule has 0 bridgehead atoms. The zero-order chi connectivity index (χ0) is 15.4. The van der Waals surface area contributed by atoms with Gasteiger partial charge >= 0.3 is 0 Å². The predicted octanol–water partition coefficient (Wildman–Crippen LogP) is 4.81. The van der Waals surface area contributed by atoms with Crippen LogP contribution < -0.4 is 0 Å². The molecule has 0 saturated carbocycles. The first kappa shape index (κ1) is 16.2. The van der Waals surface area contributed by atoms with Gasteiger partial charge in [0, 0.05) is 17.6 Å². The molecular weight excluding hydrogens is 416 g/mol. The molecule has 0 radical (unpaired) electrons. The van der Waals surface area contributed by atoms with Crippen LogP contribution in [0.3, 0.4) is 0 Å². The third kappa shape index (κ3) is 3.73. The number of hydrogen-bond acceptors (Lipinski definition) is 3. The molecule has 1 amide bonds. The van der Waals surface area contributed by atoms with Crippen molar-refractivity contribution in [2.75, 3.05) is 6.54 Å². The van der Waals surface area contributed by atoms with Crippen LogP contribution in [0, 0.1) is 11.3 Å². The predicted molar refractivity (Wildman–Crippen MR) is 91.3 cm³/mol. The van der Waals surface area contributed by atoms with Crippen LogP contribution in [0.2, 0.25) is 0 Å². The molecule has 0 aliphatic rings. The molecule has 0 unspecified atom stereocenters. The molecule has 6 heteroatoms. The molecule has 108 valence electrons.